The van der Waals surface area contributed by atoms with Crippen LogP contribution in [0.15, 0.2) is 29.4 Å². The topological polar surface area (TPSA) is 99.6 Å². The van der Waals surface area contributed by atoms with E-state index in [2.05, 4.69) is 9.71 Å². The molecule has 0 bridgehead atoms. The van der Waals surface area contributed by atoms with Crippen LogP contribution in [0.4, 0.5) is 4.79 Å². The number of sulfonamides is 1. The second-order valence-corrected chi connectivity index (χ2v) is 6.07. The fourth-order valence-electron chi connectivity index (χ4n) is 1.98. The Morgan fingerprint density at radius 3 is 2.63 bits per heavy atom. The van der Waals surface area contributed by atoms with Gasteiger partial charge in [0.15, 0.2) is 0 Å². The molecule has 0 spiro atoms. The van der Waals surface area contributed by atoms with Crippen LogP contribution in [0, 0.1) is 0 Å². The summed E-state index contributed by atoms with van der Waals surface area (Å²) in [6.45, 7) is 0.686. The van der Waals surface area contributed by atoms with Crippen molar-refractivity contribution in [1.82, 2.24) is 14.6 Å². The Kier molecular flexibility index (Phi) is 4.01. The van der Waals surface area contributed by atoms with Crippen molar-refractivity contribution in [3.05, 3.63) is 24.5 Å². The van der Waals surface area contributed by atoms with Gasteiger partial charge in [-0.1, -0.05) is 0 Å². The number of rotatable bonds is 3. The Hall–Kier alpha value is -1.67. The molecule has 1 fully saturated rings. The van der Waals surface area contributed by atoms with Gasteiger partial charge in [0.1, 0.15) is 4.90 Å². The third kappa shape index (κ3) is 3.42. The molecule has 0 aliphatic carbocycles. The Balaban J connectivity index is 1.98. The molecule has 1 aliphatic heterocycles. The van der Waals surface area contributed by atoms with E-state index in [1.807, 2.05) is 0 Å². The molecule has 0 aromatic carbocycles. The highest BCUT2D eigenvalue weighted by molar-refractivity contribution is 7.89. The van der Waals surface area contributed by atoms with E-state index in [0.717, 1.165) is 0 Å². The highest BCUT2D eigenvalue weighted by Gasteiger charge is 2.26. The lowest BCUT2D eigenvalue weighted by Crippen LogP contribution is -2.46. The van der Waals surface area contributed by atoms with Gasteiger partial charge in [-0.3, -0.25) is 4.98 Å². The second kappa shape index (κ2) is 5.54. The number of hydrogen-bond acceptors (Lipinski definition) is 4. The highest BCUT2D eigenvalue weighted by Crippen LogP contribution is 2.14. The smallest absolute Gasteiger partial charge is 0.407 e. The average molecular weight is 285 g/mol. The molecule has 2 rings (SSSR count). The maximum absolute atomic E-state index is 12.0. The predicted molar refractivity (Wildman–Crippen MR) is 67.2 cm³/mol. The fourth-order valence-corrected chi connectivity index (χ4v) is 3.25. The summed E-state index contributed by atoms with van der Waals surface area (Å²) in [5.74, 6) is 0. The van der Waals surface area contributed by atoms with Gasteiger partial charge < -0.3 is 10.0 Å². The van der Waals surface area contributed by atoms with Crippen molar-refractivity contribution in [2.75, 3.05) is 13.1 Å². The van der Waals surface area contributed by atoms with Gasteiger partial charge in [-0.05, 0) is 25.0 Å². The van der Waals surface area contributed by atoms with Gasteiger partial charge in [0.05, 0.1) is 0 Å². The monoisotopic (exact) mass is 285 g/mol. The zero-order chi connectivity index (χ0) is 13.9. The lowest BCUT2D eigenvalue weighted by atomic mass is 10.1. The molecule has 1 aromatic rings. The Morgan fingerprint density at radius 1 is 1.42 bits per heavy atom. The molecule has 1 amide bonds. The van der Waals surface area contributed by atoms with Gasteiger partial charge in [-0.2, -0.15) is 0 Å². The maximum atomic E-state index is 12.0. The summed E-state index contributed by atoms with van der Waals surface area (Å²) >= 11 is 0. The second-order valence-electron chi connectivity index (χ2n) is 4.35. The first-order chi connectivity index (χ1) is 8.99. The van der Waals surface area contributed by atoms with E-state index in [4.69, 9.17) is 5.11 Å². The normalized spacial score (nSPS) is 17.4. The number of likely N-dealkylation sites (tertiary alicyclic amines) is 1. The molecular formula is C11H15N3O4S. The number of piperidine rings is 1. The van der Waals surface area contributed by atoms with Crippen molar-refractivity contribution in [3.8, 4) is 0 Å². The van der Waals surface area contributed by atoms with Gasteiger partial charge in [-0.15, -0.1) is 0 Å². The Morgan fingerprint density at radius 2 is 2.11 bits per heavy atom. The summed E-state index contributed by atoms with van der Waals surface area (Å²) in [6.07, 6.45) is 2.78. The van der Waals surface area contributed by atoms with Crippen molar-refractivity contribution in [3.63, 3.8) is 0 Å². The minimum Gasteiger partial charge on any atom is -0.465 e. The van der Waals surface area contributed by atoms with Gasteiger partial charge in [0.2, 0.25) is 10.0 Å². The van der Waals surface area contributed by atoms with Crippen LogP contribution in [-0.2, 0) is 10.0 Å². The molecule has 104 valence electrons. The lowest BCUT2D eigenvalue weighted by molar-refractivity contribution is 0.131. The number of pyridine rings is 1. The van der Waals surface area contributed by atoms with E-state index in [-0.39, 0.29) is 10.9 Å². The predicted octanol–water partition coefficient (Wildman–Crippen LogP) is 0.502. The Labute approximate surface area is 111 Å². The fraction of sp³-hybridized carbons (Fsp3) is 0.455. The van der Waals surface area contributed by atoms with Crippen LogP contribution >= 0.6 is 0 Å². The largest absolute Gasteiger partial charge is 0.465 e. The van der Waals surface area contributed by atoms with E-state index in [0.29, 0.717) is 25.9 Å². The standard InChI is InChI=1S/C11H15N3O4S/c15-11(16)14-6-3-9(4-7-14)13-19(17,18)10-2-1-5-12-8-10/h1-2,5,8-9,13H,3-4,6-7H2,(H,15,16). The van der Waals surface area contributed by atoms with Crippen LogP contribution in [-0.4, -0.2) is 48.6 Å². The van der Waals surface area contributed by atoms with Crippen LogP contribution < -0.4 is 4.72 Å². The molecule has 7 nitrogen and oxygen atoms in total. The van der Waals surface area contributed by atoms with Crippen molar-refractivity contribution in [2.45, 2.75) is 23.8 Å². The van der Waals surface area contributed by atoms with Gasteiger partial charge in [0, 0.05) is 31.5 Å². The van der Waals surface area contributed by atoms with Crippen LogP contribution in [0.5, 0.6) is 0 Å². The number of nitrogens with zero attached hydrogens (tertiary/aromatic N) is 2. The van der Waals surface area contributed by atoms with E-state index >= 15 is 0 Å². The van der Waals surface area contributed by atoms with Crippen molar-refractivity contribution < 1.29 is 18.3 Å². The number of amides is 1. The Bertz CT molecular complexity index is 538. The lowest BCUT2D eigenvalue weighted by Gasteiger charge is -2.30. The number of aromatic nitrogens is 1. The zero-order valence-electron chi connectivity index (χ0n) is 10.2. The molecule has 0 atom stereocenters. The molecule has 0 radical (unpaired) electrons. The van der Waals surface area contributed by atoms with Gasteiger partial charge in [-0.25, -0.2) is 17.9 Å². The summed E-state index contributed by atoms with van der Waals surface area (Å²) in [5.41, 5.74) is 0. The molecular weight excluding hydrogens is 270 g/mol. The summed E-state index contributed by atoms with van der Waals surface area (Å²) < 4.78 is 26.7. The van der Waals surface area contributed by atoms with E-state index < -0.39 is 16.1 Å². The van der Waals surface area contributed by atoms with Gasteiger partial charge >= 0.3 is 6.09 Å². The first-order valence-corrected chi connectivity index (χ1v) is 7.37. The van der Waals surface area contributed by atoms with E-state index in [1.165, 1.54) is 23.4 Å². The minimum atomic E-state index is -3.58. The van der Waals surface area contributed by atoms with Crippen LogP contribution in [0.3, 0.4) is 0 Å². The number of hydrogen-bond donors (Lipinski definition) is 2. The van der Waals surface area contributed by atoms with E-state index in [1.54, 1.807) is 6.07 Å². The average Bonchev–Trinajstić information content (AvgIpc) is 2.40. The van der Waals surface area contributed by atoms with Crippen LogP contribution in [0.1, 0.15) is 12.8 Å². The third-order valence-corrected chi connectivity index (χ3v) is 4.54. The zero-order valence-corrected chi connectivity index (χ0v) is 11.0. The summed E-state index contributed by atoms with van der Waals surface area (Å²) in [7, 11) is -3.58. The molecule has 8 heteroatoms. The quantitative estimate of drug-likeness (QED) is 0.842. The summed E-state index contributed by atoms with van der Waals surface area (Å²) in [6, 6.07) is 2.80. The minimum absolute atomic E-state index is 0.121. The molecule has 2 heterocycles. The number of carbonyl (C=O) groups is 1. The van der Waals surface area contributed by atoms with Gasteiger partial charge in [0.25, 0.3) is 0 Å². The van der Waals surface area contributed by atoms with Crippen molar-refractivity contribution in [1.29, 1.82) is 0 Å². The summed E-state index contributed by atoms with van der Waals surface area (Å²) in [4.78, 5) is 15.9. The highest BCUT2D eigenvalue weighted by atomic mass is 32.2. The first kappa shape index (κ1) is 13.8. The van der Waals surface area contributed by atoms with Crippen molar-refractivity contribution in [2.24, 2.45) is 0 Å². The molecule has 1 aromatic heterocycles. The SMILES string of the molecule is O=C(O)N1CCC(NS(=O)(=O)c2cccnc2)CC1. The number of carboxylic acid groups (broad SMARTS) is 1. The van der Waals surface area contributed by atoms with Crippen LogP contribution in [0.2, 0.25) is 0 Å². The molecule has 1 aliphatic rings. The molecule has 2 N–H and O–H groups in total. The number of nitrogens with one attached hydrogen (secondary N) is 1. The van der Waals surface area contributed by atoms with Crippen molar-refractivity contribution >= 4 is 16.1 Å². The molecule has 0 saturated carbocycles. The maximum Gasteiger partial charge on any atom is 0.407 e. The summed E-state index contributed by atoms with van der Waals surface area (Å²) in [5, 5.41) is 8.81. The molecule has 19 heavy (non-hydrogen) atoms. The third-order valence-electron chi connectivity index (χ3n) is 3.03. The molecule has 0 unspecified atom stereocenters. The van der Waals surface area contributed by atoms with E-state index in [9.17, 15) is 13.2 Å². The first-order valence-electron chi connectivity index (χ1n) is 5.89. The van der Waals surface area contributed by atoms with Crippen LogP contribution in [0.25, 0.3) is 0 Å². The molecule has 1 saturated heterocycles.